The lowest BCUT2D eigenvalue weighted by molar-refractivity contribution is -0.120. The average molecular weight is 246 g/mol. The number of amides is 1. The molecule has 1 aromatic heterocycles. The molecule has 0 atom stereocenters. The molecule has 0 saturated heterocycles. The van der Waals surface area contributed by atoms with Crippen molar-refractivity contribution in [2.75, 3.05) is 0 Å². The smallest absolute Gasteiger partial charge is 0.247 e. The van der Waals surface area contributed by atoms with Crippen molar-refractivity contribution in [1.29, 1.82) is 0 Å². The van der Waals surface area contributed by atoms with Crippen LogP contribution in [0.5, 0.6) is 5.75 Å². The Kier molecular flexibility index (Phi) is 3.59. The van der Waals surface area contributed by atoms with Gasteiger partial charge < -0.3 is 5.11 Å². The van der Waals surface area contributed by atoms with Gasteiger partial charge in [-0.05, 0) is 29.8 Å². The van der Waals surface area contributed by atoms with Gasteiger partial charge in [0.05, 0.1) is 12.6 Å². The number of phenolic OH excluding ortho intramolecular Hbond substituents is 1. The number of aromatic hydroxyl groups is 1. The molecule has 1 aromatic carbocycles. The zero-order valence-electron chi connectivity index (χ0n) is 9.24. The number of hydrazone groups is 1. The number of phenols is 1. The van der Waals surface area contributed by atoms with E-state index in [2.05, 4.69) is 31.2 Å². The second kappa shape index (κ2) is 5.53. The molecule has 0 saturated carbocycles. The lowest BCUT2D eigenvalue weighted by atomic mass is 10.2. The molecular formula is C10H10N6O2. The summed E-state index contributed by atoms with van der Waals surface area (Å²) >= 11 is 0. The third-order valence-corrected chi connectivity index (χ3v) is 2.00. The lowest BCUT2D eigenvalue weighted by Crippen LogP contribution is -2.20. The van der Waals surface area contributed by atoms with Crippen molar-refractivity contribution in [1.82, 2.24) is 26.0 Å². The summed E-state index contributed by atoms with van der Waals surface area (Å²) in [7, 11) is 0. The van der Waals surface area contributed by atoms with Crippen molar-refractivity contribution in [2.24, 2.45) is 5.10 Å². The van der Waals surface area contributed by atoms with Crippen molar-refractivity contribution in [3.63, 3.8) is 0 Å². The molecule has 0 aliphatic heterocycles. The van der Waals surface area contributed by atoms with Gasteiger partial charge in [-0.15, -0.1) is 10.2 Å². The number of nitrogens with one attached hydrogen (secondary N) is 2. The minimum atomic E-state index is -0.341. The van der Waals surface area contributed by atoms with E-state index in [-0.39, 0.29) is 18.1 Å². The van der Waals surface area contributed by atoms with E-state index in [1.54, 1.807) is 12.1 Å². The van der Waals surface area contributed by atoms with E-state index in [1.165, 1.54) is 18.3 Å². The fraction of sp³-hybridized carbons (Fsp3) is 0.100. The number of aromatic amines is 1. The topological polar surface area (TPSA) is 116 Å². The Morgan fingerprint density at radius 3 is 2.89 bits per heavy atom. The van der Waals surface area contributed by atoms with Crippen LogP contribution in [0.4, 0.5) is 0 Å². The molecule has 2 aromatic rings. The monoisotopic (exact) mass is 246 g/mol. The number of hydrogen-bond donors (Lipinski definition) is 3. The highest BCUT2D eigenvalue weighted by atomic mass is 16.3. The standard InChI is InChI=1S/C10H10N6O2/c17-8-3-1-7(2-4-8)6-11-14-10(18)5-9-12-15-16-13-9/h1-4,6,17H,5H2,(H,14,18)(H,12,13,15,16)/b11-6+. The molecule has 0 aliphatic rings. The molecule has 0 fully saturated rings. The van der Waals surface area contributed by atoms with Crippen molar-refractivity contribution < 1.29 is 9.90 Å². The van der Waals surface area contributed by atoms with Gasteiger partial charge in [-0.25, -0.2) is 5.43 Å². The van der Waals surface area contributed by atoms with Crippen LogP contribution in [0.15, 0.2) is 29.4 Å². The molecule has 0 bridgehead atoms. The van der Waals surface area contributed by atoms with E-state index in [4.69, 9.17) is 5.11 Å². The molecule has 1 heterocycles. The summed E-state index contributed by atoms with van der Waals surface area (Å²) < 4.78 is 0. The van der Waals surface area contributed by atoms with Gasteiger partial charge in [0.1, 0.15) is 5.75 Å². The first-order valence-electron chi connectivity index (χ1n) is 5.07. The summed E-state index contributed by atoms with van der Waals surface area (Å²) in [6.45, 7) is 0. The fourth-order valence-corrected chi connectivity index (χ4v) is 1.18. The number of nitrogens with zero attached hydrogens (tertiary/aromatic N) is 4. The molecule has 0 spiro atoms. The second-order valence-corrected chi connectivity index (χ2v) is 3.39. The van der Waals surface area contributed by atoms with Crippen LogP contribution in [0.2, 0.25) is 0 Å². The number of carbonyl (C=O) groups excluding carboxylic acids is 1. The highest BCUT2D eigenvalue weighted by molar-refractivity contribution is 5.83. The Balaban J connectivity index is 1.84. The van der Waals surface area contributed by atoms with Crippen molar-refractivity contribution in [3.8, 4) is 5.75 Å². The molecular weight excluding hydrogens is 236 g/mol. The zero-order valence-corrected chi connectivity index (χ0v) is 9.24. The maximum atomic E-state index is 11.4. The van der Waals surface area contributed by atoms with Crippen LogP contribution in [0.1, 0.15) is 11.4 Å². The highest BCUT2D eigenvalue weighted by Crippen LogP contribution is 2.07. The summed E-state index contributed by atoms with van der Waals surface area (Å²) in [5.74, 6) is 0.132. The van der Waals surface area contributed by atoms with E-state index >= 15 is 0 Å². The van der Waals surface area contributed by atoms with Crippen LogP contribution in [-0.2, 0) is 11.2 Å². The molecule has 8 nitrogen and oxygen atoms in total. The van der Waals surface area contributed by atoms with Crippen LogP contribution in [0, 0.1) is 0 Å². The van der Waals surface area contributed by atoms with Gasteiger partial charge in [0.15, 0.2) is 5.82 Å². The van der Waals surface area contributed by atoms with Gasteiger partial charge in [-0.2, -0.15) is 10.3 Å². The Morgan fingerprint density at radius 2 is 2.22 bits per heavy atom. The molecule has 0 radical (unpaired) electrons. The van der Waals surface area contributed by atoms with Crippen LogP contribution in [0.3, 0.4) is 0 Å². The summed E-state index contributed by atoms with van der Waals surface area (Å²) in [5, 5.41) is 25.7. The number of carbonyl (C=O) groups is 1. The summed E-state index contributed by atoms with van der Waals surface area (Å²) in [5.41, 5.74) is 3.09. The van der Waals surface area contributed by atoms with Gasteiger partial charge in [0.25, 0.3) is 0 Å². The predicted octanol–water partition coefficient (Wildman–Crippen LogP) is -0.402. The maximum absolute atomic E-state index is 11.4. The van der Waals surface area contributed by atoms with Crippen LogP contribution in [-0.4, -0.2) is 37.9 Å². The summed E-state index contributed by atoms with van der Waals surface area (Å²) in [6, 6.07) is 6.40. The second-order valence-electron chi connectivity index (χ2n) is 3.39. The number of H-pyrrole nitrogens is 1. The van der Waals surface area contributed by atoms with Crippen LogP contribution in [0.25, 0.3) is 0 Å². The molecule has 8 heteroatoms. The quantitative estimate of drug-likeness (QED) is 0.501. The molecule has 3 N–H and O–H groups in total. The molecule has 92 valence electrons. The number of rotatable bonds is 4. The predicted molar refractivity (Wildman–Crippen MR) is 61.7 cm³/mol. The van der Waals surface area contributed by atoms with E-state index in [1.807, 2.05) is 0 Å². The fourth-order valence-electron chi connectivity index (χ4n) is 1.18. The number of aromatic nitrogens is 4. The van der Waals surface area contributed by atoms with Gasteiger partial charge in [-0.3, -0.25) is 4.79 Å². The highest BCUT2D eigenvalue weighted by Gasteiger charge is 2.05. The van der Waals surface area contributed by atoms with E-state index < -0.39 is 0 Å². The maximum Gasteiger partial charge on any atom is 0.247 e. The van der Waals surface area contributed by atoms with Crippen molar-refractivity contribution in [2.45, 2.75) is 6.42 Å². The van der Waals surface area contributed by atoms with E-state index in [0.29, 0.717) is 5.82 Å². The Bertz CT molecular complexity index is 534. The van der Waals surface area contributed by atoms with Gasteiger partial charge in [0, 0.05) is 0 Å². The SMILES string of the molecule is O=C(Cc1nn[nH]n1)N/N=C/c1ccc(O)cc1. The van der Waals surface area contributed by atoms with Crippen LogP contribution < -0.4 is 5.43 Å². The first-order chi connectivity index (χ1) is 8.74. The third kappa shape index (κ3) is 3.37. The van der Waals surface area contributed by atoms with Crippen molar-refractivity contribution in [3.05, 3.63) is 35.7 Å². The average Bonchev–Trinajstić information content (AvgIpc) is 2.84. The molecule has 1 amide bonds. The first kappa shape index (κ1) is 11.7. The van der Waals surface area contributed by atoms with E-state index in [0.717, 1.165) is 5.56 Å². The Morgan fingerprint density at radius 1 is 1.44 bits per heavy atom. The molecule has 0 unspecified atom stereocenters. The largest absolute Gasteiger partial charge is 0.508 e. The number of hydrogen-bond acceptors (Lipinski definition) is 6. The first-order valence-corrected chi connectivity index (χ1v) is 5.07. The molecule has 18 heavy (non-hydrogen) atoms. The normalized spacial score (nSPS) is 10.7. The summed E-state index contributed by atoms with van der Waals surface area (Å²) in [6.07, 6.45) is 1.47. The Hall–Kier alpha value is -2.77. The Labute approximate surface area is 102 Å². The van der Waals surface area contributed by atoms with E-state index in [9.17, 15) is 4.79 Å². The number of benzene rings is 1. The van der Waals surface area contributed by atoms with Gasteiger partial charge in [0.2, 0.25) is 5.91 Å². The van der Waals surface area contributed by atoms with Gasteiger partial charge in [-0.1, -0.05) is 5.21 Å². The summed E-state index contributed by atoms with van der Waals surface area (Å²) in [4.78, 5) is 11.4. The van der Waals surface area contributed by atoms with Crippen molar-refractivity contribution >= 4 is 12.1 Å². The molecule has 0 aliphatic carbocycles. The van der Waals surface area contributed by atoms with Gasteiger partial charge >= 0.3 is 0 Å². The minimum Gasteiger partial charge on any atom is -0.508 e. The number of tetrazole rings is 1. The minimum absolute atomic E-state index is 0.00339. The lowest BCUT2D eigenvalue weighted by Gasteiger charge is -1.96. The molecule has 2 rings (SSSR count). The third-order valence-electron chi connectivity index (χ3n) is 2.00. The zero-order chi connectivity index (χ0) is 12.8. The van der Waals surface area contributed by atoms with Crippen LogP contribution >= 0.6 is 0 Å².